The third-order valence-electron chi connectivity index (χ3n) is 3.42. The SMILES string of the molecule is CSCC(C)N(C)C(=O)c1cc(N)cn1C1CC1. The van der Waals surface area contributed by atoms with E-state index in [2.05, 4.69) is 13.2 Å². The number of nitrogens with zero attached hydrogens (tertiary/aromatic N) is 2. The zero-order chi connectivity index (χ0) is 13.3. The molecule has 1 atom stereocenters. The van der Waals surface area contributed by atoms with Gasteiger partial charge >= 0.3 is 0 Å². The number of carbonyl (C=O) groups is 1. The van der Waals surface area contributed by atoms with Crippen LogP contribution in [0, 0.1) is 0 Å². The van der Waals surface area contributed by atoms with Crippen LogP contribution in [0.3, 0.4) is 0 Å². The lowest BCUT2D eigenvalue weighted by molar-refractivity contribution is 0.0746. The van der Waals surface area contributed by atoms with Crippen molar-refractivity contribution in [1.29, 1.82) is 0 Å². The number of rotatable bonds is 5. The molecular weight excluding hydrogens is 246 g/mol. The molecule has 0 aliphatic heterocycles. The standard InChI is InChI=1S/C13H21N3OS/c1-9(8-18-3)15(2)13(17)12-6-10(14)7-16(12)11-4-5-11/h6-7,9,11H,4-5,8,14H2,1-3H3. The van der Waals surface area contributed by atoms with Gasteiger partial charge in [0, 0.05) is 31.1 Å². The van der Waals surface area contributed by atoms with Crippen LogP contribution in [0.1, 0.15) is 36.3 Å². The van der Waals surface area contributed by atoms with E-state index in [0.29, 0.717) is 11.7 Å². The molecule has 4 nitrogen and oxygen atoms in total. The highest BCUT2D eigenvalue weighted by atomic mass is 32.2. The topological polar surface area (TPSA) is 51.3 Å². The Bertz CT molecular complexity index is 439. The number of aromatic nitrogens is 1. The molecule has 1 fully saturated rings. The van der Waals surface area contributed by atoms with Gasteiger partial charge in [0.15, 0.2) is 0 Å². The Morgan fingerprint density at radius 2 is 2.33 bits per heavy atom. The lowest BCUT2D eigenvalue weighted by atomic mass is 10.3. The van der Waals surface area contributed by atoms with Crippen molar-refractivity contribution in [3.05, 3.63) is 18.0 Å². The Balaban J connectivity index is 2.17. The van der Waals surface area contributed by atoms with Crippen molar-refractivity contribution in [3.8, 4) is 0 Å². The quantitative estimate of drug-likeness (QED) is 0.890. The maximum atomic E-state index is 12.5. The van der Waals surface area contributed by atoms with Crippen LogP contribution >= 0.6 is 11.8 Å². The molecule has 1 saturated carbocycles. The van der Waals surface area contributed by atoms with Gasteiger partial charge in [0.25, 0.3) is 5.91 Å². The Morgan fingerprint density at radius 3 is 2.89 bits per heavy atom. The highest BCUT2D eigenvalue weighted by Crippen LogP contribution is 2.37. The van der Waals surface area contributed by atoms with Gasteiger partial charge in [-0.25, -0.2) is 0 Å². The first-order valence-corrected chi connectivity index (χ1v) is 7.67. The third kappa shape index (κ3) is 2.66. The molecule has 100 valence electrons. The second-order valence-electron chi connectivity index (χ2n) is 5.02. The summed E-state index contributed by atoms with van der Waals surface area (Å²) in [6, 6.07) is 2.50. The first kappa shape index (κ1) is 13.3. The maximum absolute atomic E-state index is 12.5. The van der Waals surface area contributed by atoms with Gasteiger partial charge < -0.3 is 15.2 Å². The van der Waals surface area contributed by atoms with E-state index >= 15 is 0 Å². The lowest BCUT2D eigenvalue weighted by Crippen LogP contribution is -2.37. The first-order chi connectivity index (χ1) is 8.54. The van der Waals surface area contributed by atoms with Crippen LogP contribution in [-0.4, -0.2) is 40.5 Å². The van der Waals surface area contributed by atoms with Gasteiger partial charge in [-0.3, -0.25) is 4.79 Å². The van der Waals surface area contributed by atoms with Gasteiger partial charge in [-0.15, -0.1) is 0 Å². The van der Waals surface area contributed by atoms with Crippen LogP contribution in [0.2, 0.25) is 0 Å². The number of anilines is 1. The van der Waals surface area contributed by atoms with Crippen molar-refractivity contribution >= 4 is 23.4 Å². The fraction of sp³-hybridized carbons (Fsp3) is 0.615. The number of nitrogens with two attached hydrogens (primary N) is 1. The molecule has 0 aromatic carbocycles. The van der Waals surface area contributed by atoms with Crippen molar-refractivity contribution < 1.29 is 4.79 Å². The molecule has 1 heterocycles. The molecule has 18 heavy (non-hydrogen) atoms. The highest BCUT2D eigenvalue weighted by molar-refractivity contribution is 7.98. The monoisotopic (exact) mass is 267 g/mol. The average molecular weight is 267 g/mol. The molecule has 1 aliphatic rings. The molecule has 0 saturated heterocycles. The number of hydrogen-bond acceptors (Lipinski definition) is 3. The largest absolute Gasteiger partial charge is 0.397 e. The van der Waals surface area contributed by atoms with E-state index in [-0.39, 0.29) is 11.9 Å². The molecule has 2 N–H and O–H groups in total. The summed E-state index contributed by atoms with van der Waals surface area (Å²) in [5, 5.41) is 0. The second-order valence-corrected chi connectivity index (χ2v) is 5.93. The minimum Gasteiger partial charge on any atom is -0.397 e. The number of carbonyl (C=O) groups excluding carboxylic acids is 1. The van der Waals surface area contributed by atoms with Crippen molar-refractivity contribution in [2.24, 2.45) is 0 Å². The molecule has 0 radical (unpaired) electrons. The number of amides is 1. The van der Waals surface area contributed by atoms with Crippen LogP contribution in [0.15, 0.2) is 12.3 Å². The van der Waals surface area contributed by atoms with Crippen molar-refractivity contribution in [2.45, 2.75) is 31.8 Å². The highest BCUT2D eigenvalue weighted by Gasteiger charge is 2.29. The average Bonchev–Trinajstić information content (AvgIpc) is 3.11. The van der Waals surface area contributed by atoms with Gasteiger partial charge in [-0.05, 0) is 32.1 Å². The van der Waals surface area contributed by atoms with Crippen LogP contribution in [0.5, 0.6) is 0 Å². The van der Waals surface area contributed by atoms with E-state index in [4.69, 9.17) is 5.73 Å². The van der Waals surface area contributed by atoms with Crippen molar-refractivity contribution in [1.82, 2.24) is 9.47 Å². The van der Waals surface area contributed by atoms with Gasteiger partial charge in [-0.1, -0.05) is 0 Å². The smallest absolute Gasteiger partial charge is 0.270 e. The summed E-state index contributed by atoms with van der Waals surface area (Å²) in [7, 11) is 1.86. The van der Waals surface area contributed by atoms with E-state index in [1.54, 1.807) is 17.8 Å². The van der Waals surface area contributed by atoms with E-state index in [0.717, 1.165) is 24.3 Å². The fourth-order valence-corrected chi connectivity index (χ4v) is 2.77. The van der Waals surface area contributed by atoms with Crippen LogP contribution in [0.25, 0.3) is 0 Å². The third-order valence-corrected chi connectivity index (χ3v) is 4.23. The second kappa shape index (κ2) is 5.26. The lowest BCUT2D eigenvalue weighted by Gasteiger charge is -2.24. The molecule has 2 rings (SSSR count). The van der Waals surface area contributed by atoms with Crippen molar-refractivity contribution in [3.63, 3.8) is 0 Å². The van der Waals surface area contributed by atoms with Crippen LogP contribution in [0.4, 0.5) is 5.69 Å². The zero-order valence-corrected chi connectivity index (χ0v) is 12.0. The van der Waals surface area contributed by atoms with Gasteiger partial charge in [-0.2, -0.15) is 11.8 Å². The molecule has 5 heteroatoms. The summed E-state index contributed by atoms with van der Waals surface area (Å²) >= 11 is 1.75. The van der Waals surface area contributed by atoms with Gasteiger partial charge in [0.2, 0.25) is 0 Å². The summed E-state index contributed by atoms with van der Waals surface area (Å²) in [5.41, 5.74) is 7.23. The Labute approximate surface area is 113 Å². The summed E-state index contributed by atoms with van der Waals surface area (Å²) in [6.45, 7) is 2.07. The molecule has 0 bridgehead atoms. The van der Waals surface area contributed by atoms with Gasteiger partial charge in [0.1, 0.15) is 5.69 Å². The summed E-state index contributed by atoms with van der Waals surface area (Å²) in [5.74, 6) is 1.02. The van der Waals surface area contributed by atoms with Crippen LogP contribution in [-0.2, 0) is 0 Å². The molecule has 1 amide bonds. The molecule has 1 aromatic heterocycles. The molecule has 1 unspecified atom stereocenters. The number of hydrogen-bond donors (Lipinski definition) is 1. The zero-order valence-electron chi connectivity index (χ0n) is 11.2. The minimum atomic E-state index is 0.0696. The van der Waals surface area contributed by atoms with Crippen LogP contribution < -0.4 is 5.73 Å². The predicted molar refractivity (Wildman–Crippen MR) is 77.1 cm³/mol. The normalized spacial score (nSPS) is 16.6. The van der Waals surface area contributed by atoms with E-state index in [1.807, 2.05) is 22.7 Å². The summed E-state index contributed by atoms with van der Waals surface area (Å²) < 4.78 is 2.04. The Morgan fingerprint density at radius 1 is 1.67 bits per heavy atom. The minimum absolute atomic E-state index is 0.0696. The van der Waals surface area contributed by atoms with Crippen molar-refractivity contribution in [2.75, 3.05) is 24.8 Å². The number of thioether (sulfide) groups is 1. The molecule has 0 spiro atoms. The summed E-state index contributed by atoms with van der Waals surface area (Å²) in [4.78, 5) is 14.3. The molecular formula is C13H21N3OS. The number of nitrogen functional groups attached to an aromatic ring is 1. The Kier molecular flexibility index (Phi) is 3.90. The van der Waals surface area contributed by atoms with E-state index < -0.39 is 0 Å². The maximum Gasteiger partial charge on any atom is 0.270 e. The molecule has 1 aliphatic carbocycles. The van der Waals surface area contributed by atoms with E-state index in [9.17, 15) is 4.79 Å². The van der Waals surface area contributed by atoms with Gasteiger partial charge in [0.05, 0.1) is 5.69 Å². The predicted octanol–water partition coefficient (Wildman–Crippen LogP) is 2.23. The summed E-state index contributed by atoms with van der Waals surface area (Å²) in [6.07, 6.45) is 6.24. The Hall–Kier alpha value is -1.10. The first-order valence-electron chi connectivity index (χ1n) is 6.28. The fourth-order valence-electron chi connectivity index (χ4n) is 2.06. The van der Waals surface area contributed by atoms with E-state index in [1.165, 1.54) is 0 Å². The molecule has 1 aromatic rings.